The average Bonchev–Trinajstić information content (AvgIpc) is 2.47. The smallest absolute Gasteiger partial charge is 0.106 e. The molecule has 0 radical (unpaired) electrons. The quantitative estimate of drug-likeness (QED) is 0.564. The van der Waals surface area contributed by atoms with Gasteiger partial charge < -0.3 is 0 Å². The molecule has 0 atom stereocenters. The molecular weight excluding hydrogens is 312 g/mol. The van der Waals surface area contributed by atoms with Crippen molar-refractivity contribution in [3.05, 3.63) is 57.8 Å². The van der Waals surface area contributed by atoms with Gasteiger partial charge in [0, 0.05) is 18.3 Å². The van der Waals surface area contributed by atoms with E-state index in [4.69, 9.17) is 4.99 Å². The van der Waals surface area contributed by atoms with Gasteiger partial charge in [-0.05, 0) is 52.0 Å². The summed E-state index contributed by atoms with van der Waals surface area (Å²) < 4.78 is 0.867. The lowest BCUT2D eigenvalue weighted by Crippen LogP contribution is -1.93. The fraction of sp³-hybridized carbons (Fsp3) is 0.294. The molecule has 2 rings (SSSR count). The minimum atomic E-state index is 0.751. The van der Waals surface area contributed by atoms with Crippen molar-refractivity contribution in [1.29, 1.82) is 0 Å². The molecule has 0 aliphatic rings. The van der Waals surface area contributed by atoms with Crippen LogP contribution in [0.25, 0.3) is 0 Å². The average molecular weight is 331 g/mol. The summed E-state index contributed by atoms with van der Waals surface area (Å²) in [6.07, 6.45) is 4.73. The molecule has 1 aromatic carbocycles. The molecule has 0 N–H and O–H groups in total. The highest BCUT2D eigenvalue weighted by atomic mass is 79.9. The molecule has 0 saturated heterocycles. The maximum atomic E-state index is 4.69. The summed E-state index contributed by atoms with van der Waals surface area (Å²) in [5.41, 5.74) is 4.77. The van der Waals surface area contributed by atoms with Crippen LogP contribution in [0.5, 0.6) is 0 Å². The third-order valence-electron chi connectivity index (χ3n) is 3.26. The number of hydrogen-bond donors (Lipinski definition) is 0. The van der Waals surface area contributed by atoms with E-state index in [2.05, 4.69) is 53.0 Å². The van der Waals surface area contributed by atoms with Crippen molar-refractivity contribution >= 4 is 27.8 Å². The second-order valence-electron chi connectivity index (χ2n) is 4.60. The Balaban J connectivity index is 2.19. The minimum absolute atomic E-state index is 0.751. The van der Waals surface area contributed by atoms with Crippen LogP contribution in [0.1, 0.15) is 30.7 Å². The van der Waals surface area contributed by atoms with Crippen molar-refractivity contribution in [2.75, 3.05) is 0 Å². The Labute approximate surface area is 129 Å². The molecule has 3 heteroatoms. The topological polar surface area (TPSA) is 25.2 Å². The van der Waals surface area contributed by atoms with Crippen LogP contribution in [0.3, 0.4) is 0 Å². The van der Waals surface area contributed by atoms with Crippen molar-refractivity contribution in [3.8, 4) is 0 Å². The van der Waals surface area contributed by atoms with E-state index in [1.54, 1.807) is 0 Å². The highest BCUT2D eigenvalue weighted by molar-refractivity contribution is 9.10. The van der Waals surface area contributed by atoms with E-state index >= 15 is 0 Å². The number of halogens is 1. The van der Waals surface area contributed by atoms with Crippen LogP contribution in [-0.2, 0) is 19.3 Å². The zero-order valence-corrected chi connectivity index (χ0v) is 13.5. The van der Waals surface area contributed by atoms with Crippen LogP contribution in [0.2, 0.25) is 0 Å². The fourth-order valence-electron chi connectivity index (χ4n) is 2.18. The molecule has 0 bridgehead atoms. The normalized spacial score (nSPS) is 11.2. The third kappa shape index (κ3) is 3.76. The van der Waals surface area contributed by atoms with Gasteiger partial charge in [-0.1, -0.05) is 38.1 Å². The number of benzene rings is 1. The number of para-hydroxylation sites is 1. The molecular formula is C17H19BrN2. The summed E-state index contributed by atoms with van der Waals surface area (Å²) in [4.78, 5) is 9.11. The Kier molecular flexibility index (Phi) is 5.48. The first-order valence-corrected chi connectivity index (χ1v) is 7.78. The van der Waals surface area contributed by atoms with Crippen LogP contribution in [0.4, 0.5) is 5.69 Å². The number of rotatable bonds is 5. The maximum Gasteiger partial charge on any atom is 0.106 e. The highest BCUT2D eigenvalue weighted by Gasteiger charge is 2.03. The van der Waals surface area contributed by atoms with Crippen LogP contribution in [0.15, 0.2) is 46.0 Å². The molecule has 0 aliphatic heterocycles. The fourth-order valence-corrected chi connectivity index (χ4v) is 2.56. The monoisotopic (exact) mass is 330 g/mol. The predicted molar refractivity (Wildman–Crippen MR) is 89.0 cm³/mol. The van der Waals surface area contributed by atoms with Crippen LogP contribution < -0.4 is 0 Å². The zero-order chi connectivity index (χ0) is 14.4. The van der Waals surface area contributed by atoms with Gasteiger partial charge in [0.1, 0.15) is 4.60 Å². The van der Waals surface area contributed by atoms with E-state index in [0.717, 1.165) is 35.2 Å². The van der Waals surface area contributed by atoms with E-state index in [9.17, 15) is 0 Å². The Morgan fingerprint density at radius 3 is 2.30 bits per heavy atom. The van der Waals surface area contributed by atoms with E-state index in [1.807, 2.05) is 24.4 Å². The molecule has 2 nitrogen and oxygen atoms in total. The zero-order valence-electron chi connectivity index (χ0n) is 11.9. The molecule has 2 aromatic rings. The second kappa shape index (κ2) is 7.34. The lowest BCUT2D eigenvalue weighted by atomic mass is 10.0. The molecule has 0 amide bonds. The van der Waals surface area contributed by atoms with Crippen LogP contribution >= 0.6 is 15.9 Å². The van der Waals surface area contributed by atoms with E-state index in [0.29, 0.717) is 0 Å². The number of nitrogens with zero attached hydrogens (tertiary/aromatic N) is 2. The van der Waals surface area contributed by atoms with E-state index in [-0.39, 0.29) is 0 Å². The molecule has 0 unspecified atom stereocenters. The molecule has 0 spiro atoms. The van der Waals surface area contributed by atoms with Gasteiger partial charge in [-0.25, -0.2) is 4.98 Å². The van der Waals surface area contributed by atoms with Gasteiger partial charge in [0.15, 0.2) is 0 Å². The SMILES string of the molecule is CCc1cccc(CC)c1N=CCc1cccc(Br)n1. The van der Waals surface area contributed by atoms with Gasteiger partial charge in [0.2, 0.25) is 0 Å². The largest absolute Gasteiger partial charge is 0.260 e. The second-order valence-corrected chi connectivity index (χ2v) is 5.41. The maximum absolute atomic E-state index is 4.69. The summed E-state index contributed by atoms with van der Waals surface area (Å²) in [6.45, 7) is 4.34. The van der Waals surface area contributed by atoms with Crippen molar-refractivity contribution in [3.63, 3.8) is 0 Å². The number of hydrogen-bond acceptors (Lipinski definition) is 2. The van der Waals surface area contributed by atoms with Crippen molar-refractivity contribution < 1.29 is 0 Å². The molecule has 1 aromatic heterocycles. The summed E-state index contributed by atoms with van der Waals surface area (Å²) in [5, 5.41) is 0. The summed E-state index contributed by atoms with van der Waals surface area (Å²) in [7, 11) is 0. The molecule has 20 heavy (non-hydrogen) atoms. The first-order valence-electron chi connectivity index (χ1n) is 6.99. The highest BCUT2D eigenvalue weighted by Crippen LogP contribution is 2.25. The predicted octanol–water partition coefficient (Wildman–Crippen LogP) is 4.91. The Morgan fingerprint density at radius 1 is 1.05 bits per heavy atom. The number of aromatic nitrogens is 1. The van der Waals surface area contributed by atoms with Gasteiger partial charge in [0.25, 0.3) is 0 Å². The molecule has 0 saturated carbocycles. The van der Waals surface area contributed by atoms with E-state index in [1.165, 1.54) is 11.1 Å². The lowest BCUT2D eigenvalue weighted by Gasteiger charge is -2.08. The number of aliphatic imine (C=N–C) groups is 1. The van der Waals surface area contributed by atoms with Gasteiger partial charge in [0.05, 0.1) is 5.69 Å². The summed E-state index contributed by atoms with van der Waals surface area (Å²) in [5.74, 6) is 0. The standard InChI is InChI=1S/C17H19BrN2/c1-3-13-7-5-8-14(4-2)17(13)19-12-11-15-9-6-10-16(18)20-15/h5-10,12H,3-4,11H2,1-2H3. The van der Waals surface area contributed by atoms with Crippen molar-refractivity contribution in [1.82, 2.24) is 4.98 Å². The molecule has 0 fully saturated rings. The molecule has 1 heterocycles. The van der Waals surface area contributed by atoms with Crippen molar-refractivity contribution in [2.24, 2.45) is 4.99 Å². The lowest BCUT2D eigenvalue weighted by molar-refractivity contribution is 1.08. The number of aryl methyl sites for hydroxylation is 2. The Hall–Kier alpha value is -1.48. The third-order valence-corrected chi connectivity index (χ3v) is 3.70. The van der Waals surface area contributed by atoms with Gasteiger partial charge in [-0.15, -0.1) is 0 Å². The van der Waals surface area contributed by atoms with Gasteiger partial charge in [-0.2, -0.15) is 0 Å². The van der Waals surface area contributed by atoms with Crippen LogP contribution in [0, 0.1) is 0 Å². The Bertz CT molecular complexity index is 583. The van der Waals surface area contributed by atoms with E-state index < -0.39 is 0 Å². The first kappa shape index (κ1) is 14.9. The summed E-state index contributed by atoms with van der Waals surface area (Å²) in [6, 6.07) is 12.4. The first-order chi connectivity index (χ1) is 9.74. The van der Waals surface area contributed by atoms with Crippen LogP contribution in [-0.4, -0.2) is 11.2 Å². The van der Waals surface area contributed by atoms with Gasteiger partial charge >= 0.3 is 0 Å². The Morgan fingerprint density at radius 2 is 1.70 bits per heavy atom. The summed E-state index contributed by atoms with van der Waals surface area (Å²) >= 11 is 3.39. The molecule has 0 aliphatic carbocycles. The number of pyridine rings is 1. The van der Waals surface area contributed by atoms with Crippen molar-refractivity contribution in [2.45, 2.75) is 33.1 Å². The van der Waals surface area contributed by atoms with Gasteiger partial charge in [-0.3, -0.25) is 4.99 Å². The molecule has 104 valence electrons. The minimum Gasteiger partial charge on any atom is -0.260 e.